The van der Waals surface area contributed by atoms with Gasteiger partial charge < -0.3 is 23.7 Å². The molecule has 162 valence electrons. The number of ether oxygens (including phenoxy) is 5. The predicted molar refractivity (Wildman–Crippen MR) is 114 cm³/mol. The maximum absolute atomic E-state index is 13.4. The first-order chi connectivity index (χ1) is 14.9. The molecule has 1 heterocycles. The van der Waals surface area contributed by atoms with Gasteiger partial charge in [-0.15, -0.1) is 0 Å². The summed E-state index contributed by atoms with van der Waals surface area (Å²) in [6.07, 6.45) is 2.99. The Morgan fingerprint density at radius 3 is 2.10 bits per heavy atom. The summed E-state index contributed by atoms with van der Waals surface area (Å²) in [6.45, 7) is 3.51. The van der Waals surface area contributed by atoms with E-state index < -0.39 is 5.97 Å². The molecule has 0 saturated heterocycles. The molecule has 0 saturated carbocycles. The van der Waals surface area contributed by atoms with E-state index in [2.05, 4.69) is 4.98 Å². The summed E-state index contributed by atoms with van der Waals surface area (Å²) in [6, 6.07) is 6.55. The van der Waals surface area contributed by atoms with E-state index in [1.165, 1.54) is 40.6 Å². The Labute approximate surface area is 179 Å². The Kier molecular flexibility index (Phi) is 6.59. The van der Waals surface area contributed by atoms with E-state index in [9.17, 15) is 9.59 Å². The van der Waals surface area contributed by atoms with Crippen molar-refractivity contribution in [1.82, 2.24) is 4.98 Å². The van der Waals surface area contributed by atoms with Crippen molar-refractivity contribution in [1.29, 1.82) is 0 Å². The molecule has 0 aliphatic rings. The minimum absolute atomic E-state index is 0.221. The molecular formula is C23H23NO7. The van der Waals surface area contributed by atoms with Gasteiger partial charge in [0, 0.05) is 35.8 Å². The second-order valence-electron chi connectivity index (χ2n) is 6.44. The molecule has 8 heteroatoms. The number of aromatic nitrogens is 1. The fraction of sp³-hybridized carbons (Fsp3) is 0.261. The molecule has 0 fully saturated rings. The van der Waals surface area contributed by atoms with Gasteiger partial charge in [0.15, 0.2) is 28.8 Å². The average molecular weight is 425 g/mol. The van der Waals surface area contributed by atoms with E-state index in [-0.39, 0.29) is 11.5 Å². The zero-order valence-corrected chi connectivity index (χ0v) is 18.0. The normalized spacial score (nSPS) is 10.5. The van der Waals surface area contributed by atoms with Crippen LogP contribution in [0.25, 0.3) is 10.8 Å². The minimum Gasteiger partial charge on any atom is -0.493 e. The van der Waals surface area contributed by atoms with E-state index >= 15 is 0 Å². The van der Waals surface area contributed by atoms with Crippen molar-refractivity contribution in [2.75, 3.05) is 27.9 Å². The number of carbonyl (C=O) groups excluding carboxylic acids is 2. The number of carbonyl (C=O) groups is 2. The van der Waals surface area contributed by atoms with Gasteiger partial charge in [0.25, 0.3) is 0 Å². The van der Waals surface area contributed by atoms with Crippen molar-refractivity contribution >= 4 is 22.5 Å². The maximum Gasteiger partial charge on any atom is 0.308 e. The largest absolute Gasteiger partial charge is 0.493 e. The molecule has 0 unspecified atom stereocenters. The number of benzene rings is 2. The van der Waals surface area contributed by atoms with Gasteiger partial charge in [-0.1, -0.05) is 0 Å². The highest BCUT2D eigenvalue weighted by Gasteiger charge is 2.22. The van der Waals surface area contributed by atoms with Crippen LogP contribution in [0, 0.1) is 0 Å². The molecular weight excluding hydrogens is 402 g/mol. The molecule has 0 bridgehead atoms. The maximum atomic E-state index is 13.4. The lowest BCUT2D eigenvalue weighted by Crippen LogP contribution is -2.08. The molecule has 0 N–H and O–H groups in total. The van der Waals surface area contributed by atoms with Crippen LogP contribution in [-0.4, -0.2) is 44.7 Å². The molecule has 8 nitrogen and oxygen atoms in total. The fourth-order valence-corrected chi connectivity index (χ4v) is 3.27. The zero-order valence-electron chi connectivity index (χ0n) is 18.0. The molecule has 0 spiro atoms. The highest BCUT2D eigenvalue weighted by Crippen LogP contribution is 2.40. The summed E-state index contributed by atoms with van der Waals surface area (Å²) in [5, 5.41) is 1.05. The van der Waals surface area contributed by atoms with Crippen LogP contribution in [0.4, 0.5) is 0 Å². The number of fused-ring (bicyclic) bond motifs is 1. The van der Waals surface area contributed by atoms with Gasteiger partial charge >= 0.3 is 5.97 Å². The lowest BCUT2D eigenvalue weighted by molar-refractivity contribution is -0.131. The van der Waals surface area contributed by atoms with Gasteiger partial charge in [-0.3, -0.25) is 14.6 Å². The molecule has 0 aliphatic carbocycles. The summed E-state index contributed by atoms with van der Waals surface area (Å²) >= 11 is 0. The quantitative estimate of drug-likeness (QED) is 0.306. The number of nitrogens with zero attached hydrogens (tertiary/aromatic N) is 1. The summed E-state index contributed by atoms with van der Waals surface area (Å²) in [5.74, 6) is 0.903. The van der Waals surface area contributed by atoms with Crippen LogP contribution in [-0.2, 0) is 4.79 Å². The Hall–Kier alpha value is -3.81. The number of hydrogen-bond donors (Lipinski definition) is 0. The fourth-order valence-electron chi connectivity index (χ4n) is 3.27. The Balaban J connectivity index is 2.19. The van der Waals surface area contributed by atoms with Crippen LogP contribution in [0.1, 0.15) is 29.8 Å². The van der Waals surface area contributed by atoms with Gasteiger partial charge in [0.1, 0.15) is 0 Å². The molecule has 3 rings (SSSR count). The van der Waals surface area contributed by atoms with E-state index in [0.29, 0.717) is 51.5 Å². The van der Waals surface area contributed by atoms with Crippen LogP contribution in [0.3, 0.4) is 0 Å². The van der Waals surface area contributed by atoms with Gasteiger partial charge in [-0.05, 0) is 36.6 Å². The molecule has 31 heavy (non-hydrogen) atoms. The lowest BCUT2D eigenvalue weighted by atomic mass is 9.98. The van der Waals surface area contributed by atoms with Crippen molar-refractivity contribution < 1.29 is 33.3 Å². The van der Waals surface area contributed by atoms with Crippen molar-refractivity contribution in [3.8, 4) is 28.7 Å². The first kappa shape index (κ1) is 21.9. The topological polar surface area (TPSA) is 93.2 Å². The second kappa shape index (κ2) is 9.34. The summed E-state index contributed by atoms with van der Waals surface area (Å²) < 4.78 is 27.0. The van der Waals surface area contributed by atoms with Crippen molar-refractivity contribution in [3.05, 3.63) is 47.8 Å². The summed E-state index contributed by atoms with van der Waals surface area (Å²) in [4.78, 5) is 29.3. The Morgan fingerprint density at radius 1 is 0.871 bits per heavy atom. The van der Waals surface area contributed by atoms with E-state index in [0.717, 1.165) is 0 Å². The molecule has 3 aromatic rings. The molecule has 0 radical (unpaired) electrons. The standard InChI is InChI=1S/C23H23NO7/c1-6-30-18-8-7-15-16(11-24-12-17(15)22(18)31-13(2)25)21(26)14-9-19(27-3)23(29-5)20(10-14)28-4/h7-12H,6H2,1-5H3. The number of esters is 1. The van der Waals surface area contributed by atoms with E-state index in [4.69, 9.17) is 23.7 Å². The molecule has 0 aliphatic heterocycles. The highest BCUT2D eigenvalue weighted by molar-refractivity contribution is 6.17. The van der Waals surface area contributed by atoms with Crippen LogP contribution >= 0.6 is 0 Å². The van der Waals surface area contributed by atoms with E-state index in [1.54, 1.807) is 24.3 Å². The van der Waals surface area contributed by atoms with Crippen molar-refractivity contribution in [2.24, 2.45) is 0 Å². The minimum atomic E-state index is -0.505. The summed E-state index contributed by atoms with van der Waals surface area (Å²) in [5.41, 5.74) is 0.648. The smallest absolute Gasteiger partial charge is 0.308 e. The first-order valence-corrected chi connectivity index (χ1v) is 9.51. The second-order valence-corrected chi connectivity index (χ2v) is 6.44. The highest BCUT2D eigenvalue weighted by atomic mass is 16.6. The monoisotopic (exact) mass is 425 g/mol. The third-order valence-electron chi connectivity index (χ3n) is 4.57. The van der Waals surface area contributed by atoms with Crippen LogP contribution in [0.15, 0.2) is 36.7 Å². The third-order valence-corrected chi connectivity index (χ3v) is 4.57. The van der Waals surface area contributed by atoms with Crippen LogP contribution in [0.5, 0.6) is 28.7 Å². The van der Waals surface area contributed by atoms with Crippen LogP contribution < -0.4 is 23.7 Å². The number of pyridine rings is 1. The van der Waals surface area contributed by atoms with Crippen molar-refractivity contribution in [2.45, 2.75) is 13.8 Å². The number of rotatable bonds is 8. The first-order valence-electron chi connectivity index (χ1n) is 9.51. The number of methoxy groups -OCH3 is 3. The van der Waals surface area contributed by atoms with Gasteiger partial charge in [-0.25, -0.2) is 0 Å². The Bertz CT molecular complexity index is 1120. The average Bonchev–Trinajstić information content (AvgIpc) is 2.78. The molecule has 0 atom stereocenters. The van der Waals surface area contributed by atoms with Gasteiger partial charge in [-0.2, -0.15) is 0 Å². The molecule has 2 aromatic carbocycles. The predicted octanol–water partition coefficient (Wildman–Crippen LogP) is 3.82. The van der Waals surface area contributed by atoms with Crippen LogP contribution in [0.2, 0.25) is 0 Å². The lowest BCUT2D eigenvalue weighted by Gasteiger charge is -2.15. The SMILES string of the molecule is CCOc1ccc2c(C(=O)c3cc(OC)c(OC)c(OC)c3)cncc2c1OC(C)=O. The van der Waals surface area contributed by atoms with Gasteiger partial charge in [0.05, 0.1) is 27.9 Å². The molecule has 0 amide bonds. The number of hydrogen-bond acceptors (Lipinski definition) is 8. The van der Waals surface area contributed by atoms with E-state index in [1.807, 2.05) is 6.92 Å². The summed E-state index contributed by atoms with van der Waals surface area (Å²) in [7, 11) is 4.44. The third kappa shape index (κ3) is 4.23. The van der Waals surface area contributed by atoms with Gasteiger partial charge in [0.2, 0.25) is 5.75 Å². The Morgan fingerprint density at radius 2 is 1.55 bits per heavy atom. The van der Waals surface area contributed by atoms with Crippen molar-refractivity contribution in [3.63, 3.8) is 0 Å². The number of ketones is 1. The molecule has 1 aromatic heterocycles. The zero-order chi connectivity index (χ0) is 22.5.